The van der Waals surface area contributed by atoms with Crippen LogP contribution in [0.3, 0.4) is 0 Å². The van der Waals surface area contributed by atoms with Gasteiger partial charge in [0.25, 0.3) is 0 Å². The van der Waals surface area contributed by atoms with Crippen molar-refractivity contribution in [2.24, 2.45) is 11.8 Å². The van der Waals surface area contributed by atoms with Gasteiger partial charge in [0, 0.05) is 12.0 Å². The van der Waals surface area contributed by atoms with Crippen molar-refractivity contribution in [2.45, 2.75) is 84.5 Å². The van der Waals surface area contributed by atoms with Gasteiger partial charge >= 0.3 is 0 Å². The molecule has 3 aliphatic carbocycles. The molecule has 2 atom stereocenters. The summed E-state index contributed by atoms with van der Waals surface area (Å²) >= 11 is 0. The Morgan fingerprint density at radius 1 is 1.00 bits per heavy atom. The van der Waals surface area contributed by atoms with E-state index in [4.69, 9.17) is 0 Å². The highest BCUT2D eigenvalue weighted by atomic mass is 16.1. The Morgan fingerprint density at radius 2 is 1.84 bits per heavy atom. The molecule has 2 aromatic carbocycles. The molecule has 0 aromatic heterocycles. The van der Waals surface area contributed by atoms with Crippen molar-refractivity contribution in [3.05, 3.63) is 64.2 Å². The SMILES string of the molecule is CCC(CC)CCC1Cc2ccc(C3=CCC(C)C3)cc2-c2c1ccc1c2CCC1=O. The van der Waals surface area contributed by atoms with E-state index in [9.17, 15) is 4.79 Å². The van der Waals surface area contributed by atoms with Crippen molar-refractivity contribution in [2.75, 3.05) is 0 Å². The van der Waals surface area contributed by atoms with E-state index in [2.05, 4.69) is 57.2 Å². The summed E-state index contributed by atoms with van der Waals surface area (Å²) in [5.74, 6) is 2.51. The van der Waals surface area contributed by atoms with Gasteiger partial charge in [0.15, 0.2) is 5.78 Å². The van der Waals surface area contributed by atoms with Gasteiger partial charge in [-0.25, -0.2) is 0 Å². The molecule has 0 bridgehead atoms. The van der Waals surface area contributed by atoms with Crippen LogP contribution in [0.5, 0.6) is 0 Å². The van der Waals surface area contributed by atoms with Gasteiger partial charge in [-0.2, -0.15) is 0 Å². The Kier molecular flexibility index (Phi) is 5.63. The van der Waals surface area contributed by atoms with Gasteiger partial charge in [0.2, 0.25) is 0 Å². The predicted molar refractivity (Wildman–Crippen MR) is 131 cm³/mol. The molecule has 0 N–H and O–H groups in total. The highest BCUT2D eigenvalue weighted by Gasteiger charge is 2.32. The Balaban J connectivity index is 1.58. The van der Waals surface area contributed by atoms with Crippen LogP contribution < -0.4 is 0 Å². The molecule has 1 heteroatoms. The molecule has 2 unspecified atom stereocenters. The third-order valence-corrected chi connectivity index (χ3v) is 8.32. The summed E-state index contributed by atoms with van der Waals surface area (Å²) < 4.78 is 0. The van der Waals surface area contributed by atoms with E-state index < -0.39 is 0 Å². The predicted octanol–water partition coefficient (Wildman–Crippen LogP) is 8.15. The molecular formula is C30H36O. The lowest BCUT2D eigenvalue weighted by atomic mass is 9.73. The number of fused-ring (bicyclic) bond motifs is 5. The van der Waals surface area contributed by atoms with Crippen LogP contribution in [0, 0.1) is 11.8 Å². The second kappa shape index (κ2) is 8.41. The molecule has 31 heavy (non-hydrogen) atoms. The van der Waals surface area contributed by atoms with Gasteiger partial charge in [-0.15, -0.1) is 0 Å². The topological polar surface area (TPSA) is 17.1 Å². The third kappa shape index (κ3) is 3.71. The molecule has 0 radical (unpaired) electrons. The van der Waals surface area contributed by atoms with Crippen LogP contribution in [0.4, 0.5) is 0 Å². The number of carbonyl (C=O) groups excluding carboxylic acids is 1. The van der Waals surface area contributed by atoms with Gasteiger partial charge in [0.1, 0.15) is 0 Å². The summed E-state index contributed by atoms with van der Waals surface area (Å²) in [6, 6.07) is 11.7. The van der Waals surface area contributed by atoms with Gasteiger partial charge < -0.3 is 0 Å². The fourth-order valence-electron chi connectivity index (χ4n) is 6.29. The first-order valence-corrected chi connectivity index (χ1v) is 12.6. The molecule has 2 aromatic rings. The van der Waals surface area contributed by atoms with Crippen molar-refractivity contribution >= 4 is 11.4 Å². The lowest BCUT2D eigenvalue weighted by Gasteiger charge is -2.31. The Morgan fingerprint density at radius 3 is 2.58 bits per heavy atom. The van der Waals surface area contributed by atoms with Gasteiger partial charge in [-0.1, -0.05) is 64.0 Å². The number of hydrogen-bond donors (Lipinski definition) is 0. The Labute approximate surface area is 188 Å². The zero-order valence-electron chi connectivity index (χ0n) is 19.5. The van der Waals surface area contributed by atoms with Crippen LogP contribution in [0.1, 0.15) is 104 Å². The third-order valence-electron chi connectivity index (χ3n) is 8.32. The fourth-order valence-corrected chi connectivity index (χ4v) is 6.29. The van der Waals surface area contributed by atoms with Crippen LogP contribution in [0.25, 0.3) is 16.7 Å². The maximum absolute atomic E-state index is 12.5. The minimum Gasteiger partial charge on any atom is -0.294 e. The highest BCUT2D eigenvalue weighted by molar-refractivity contribution is 6.03. The number of benzene rings is 2. The summed E-state index contributed by atoms with van der Waals surface area (Å²) in [5, 5.41) is 0. The van der Waals surface area contributed by atoms with E-state index in [0.29, 0.717) is 18.1 Å². The molecule has 5 rings (SSSR count). The standard InChI is InChI=1S/C30H36O/c1-4-20(5-2)7-9-23-17-24-11-10-22(21-8-6-19(3)16-21)18-28(24)30-25(23)12-13-26-27(30)14-15-29(26)31/h8,10-13,18-20,23H,4-7,9,14-17H2,1-3H3. The molecule has 3 aliphatic rings. The minimum absolute atomic E-state index is 0.335. The lowest BCUT2D eigenvalue weighted by Crippen LogP contribution is -2.15. The quantitative estimate of drug-likeness (QED) is 0.468. The maximum Gasteiger partial charge on any atom is 0.163 e. The van der Waals surface area contributed by atoms with Crippen molar-refractivity contribution in [1.82, 2.24) is 0 Å². The first-order valence-electron chi connectivity index (χ1n) is 12.6. The molecule has 1 nitrogen and oxygen atoms in total. The van der Waals surface area contributed by atoms with Crippen LogP contribution in [-0.4, -0.2) is 5.78 Å². The smallest absolute Gasteiger partial charge is 0.163 e. The second-order valence-corrected chi connectivity index (χ2v) is 10.3. The average molecular weight is 413 g/mol. The number of hydrogen-bond acceptors (Lipinski definition) is 1. The molecular weight excluding hydrogens is 376 g/mol. The van der Waals surface area contributed by atoms with Gasteiger partial charge in [0.05, 0.1) is 0 Å². The fraction of sp³-hybridized carbons (Fsp3) is 0.500. The Bertz CT molecular complexity index is 1040. The van der Waals surface area contributed by atoms with E-state index in [1.165, 1.54) is 77.5 Å². The van der Waals surface area contributed by atoms with E-state index >= 15 is 0 Å². The van der Waals surface area contributed by atoms with Gasteiger partial charge in [-0.3, -0.25) is 4.79 Å². The molecule has 0 amide bonds. The van der Waals surface area contributed by atoms with Crippen LogP contribution >= 0.6 is 0 Å². The second-order valence-electron chi connectivity index (χ2n) is 10.3. The summed E-state index contributed by atoms with van der Waals surface area (Å²) in [6.07, 6.45) is 12.7. The van der Waals surface area contributed by atoms with E-state index in [1.807, 2.05) is 0 Å². The van der Waals surface area contributed by atoms with Crippen molar-refractivity contribution < 1.29 is 4.79 Å². The molecule has 0 saturated heterocycles. The average Bonchev–Trinajstić information content (AvgIpc) is 3.39. The van der Waals surface area contributed by atoms with Crippen molar-refractivity contribution in [3.63, 3.8) is 0 Å². The molecule has 0 aliphatic heterocycles. The molecule has 0 saturated carbocycles. The summed E-state index contributed by atoms with van der Waals surface area (Å²) in [6.45, 7) is 7.01. The van der Waals surface area contributed by atoms with Crippen molar-refractivity contribution in [1.29, 1.82) is 0 Å². The highest BCUT2D eigenvalue weighted by Crippen LogP contribution is 2.47. The van der Waals surface area contributed by atoms with Crippen molar-refractivity contribution in [3.8, 4) is 11.1 Å². The summed E-state index contributed by atoms with van der Waals surface area (Å²) in [4.78, 5) is 12.5. The Hall–Kier alpha value is -2.15. The number of carbonyl (C=O) groups is 1. The van der Waals surface area contributed by atoms with E-state index in [1.54, 1.807) is 0 Å². The summed E-state index contributed by atoms with van der Waals surface area (Å²) in [7, 11) is 0. The van der Waals surface area contributed by atoms with Crippen LogP contribution in [-0.2, 0) is 12.8 Å². The number of Topliss-reactive ketones (excluding diaryl/α,β-unsaturated/α-hetero) is 1. The molecule has 0 heterocycles. The van der Waals surface area contributed by atoms with E-state index in [0.717, 1.165) is 30.2 Å². The maximum atomic E-state index is 12.5. The molecule has 0 spiro atoms. The first-order chi connectivity index (χ1) is 15.1. The largest absolute Gasteiger partial charge is 0.294 e. The zero-order chi connectivity index (χ0) is 21.5. The van der Waals surface area contributed by atoms with Crippen LogP contribution in [0.15, 0.2) is 36.4 Å². The molecule has 0 fully saturated rings. The minimum atomic E-state index is 0.335. The number of allylic oxidation sites excluding steroid dienone is 2. The lowest BCUT2D eigenvalue weighted by molar-refractivity contribution is 0.0994. The molecule has 162 valence electrons. The number of ketones is 1. The monoisotopic (exact) mass is 412 g/mol. The van der Waals surface area contributed by atoms with Crippen LogP contribution in [0.2, 0.25) is 0 Å². The zero-order valence-corrected chi connectivity index (χ0v) is 19.5. The normalized spacial score (nSPS) is 21.8. The first kappa shape index (κ1) is 20.7. The van der Waals surface area contributed by atoms with E-state index in [-0.39, 0.29) is 0 Å². The number of rotatable bonds is 6. The summed E-state index contributed by atoms with van der Waals surface area (Å²) in [5.41, 5.74) is 11.1. The van der Waals surface area contributed by atoms with Gasteiger partial charge in [-0.05, 0) is 101 Å².